The van der Waals surface area contributed by atoms with Crippen molar-refractivity contribution >= 4 is 16.7 Å². The number of aryl methyl sites for hydroxylation is 1. The SMILES string of the molecule is Cc1ccc(C(C)C)c(OCc2ccc(-c3nc4c5cn[nH]c5ncn4n3)o2)c1. The number of nitrogens with zero attached hydrogens (tertiary/aromatic N) is 5. The van der Waals surface area contributed by atoms with Gasteiger partial charge in [-0.1, -0.05) is 26.0 Å². The Morgan fingerprint density at radius 1 is 1.21 bits per heavy atom. The minimum atomic E-state index is 0.337. The lowest BCUT2D eigenvalue weighted by atomic mass is 10.0. The van der Waals surface area contributed by atoms with E-state index in [1.807, 2.05) is 12.1 Å². The minimum Gasteiger partial charge on any atom is -0.485 e. The Balaban J connectivity index is 1.40. The maximum atomic E-state index is 6.06. The van der Waals surface area contributed by atoms with Gasteiger partial charge in [-0.3, -0.25) is 5.10 Å². The molecule has 0 saturated carbocycles. The maximum Gasteiger partial charge on any atom is 0.217 e. The lowest BCUT2D eigenvalue weighted by Crippen LogP contribution is -1.99. The van der Waals surface area contributed by atoms with E-state index in [1.54, 1.807) is 17.0 Å². The monoisotopic (exact) mass is 388 g/mol. The summed E-state index contributed by atoms with van der Waals surface area (Å²) in [6, 6.07) is 10.0. The second-order valence-electron chi connectivity index (χ2n) is 7.33. The van der Waals surface area contributed by atoms with Crippen LogP contribution in [0.4, 0.5) is 0 Å². The average Bonchev–Trinajstić information content (AvgIpc) is 3.43. The summed E-state index contributed by atoms with van der Waals surface area (Å²) >= 11 is 0. The molecule has 29 heavy (non-hydrogen) atoms. The van der Waals surface area contributed by atoms with Crippen LogP contribution in [0, 0.1) is 6.92 Å². The van der Waals surface area contributed by atoms with E-state index in [0.29, 0.717) is 41.2 Å². The number of hydrogen-bond acceptors (Lipinski definition) is 6. The average molecular weight is 388 g/mol. The predicted octanol–water partition coefficient (Wildman–Crippen LogP) is 4.27. The van der Waals surface area contributed by atoms with Gasteiger partial charge in [0.1, 0.15) is 24.4 Å². The molecule has 0 radical (unpaired) electrons. The summed E-state index contributed by atoms with van der Waals surface area (Å²) in [5.41, 5.74) is 3.69. The first-order valence-electron chi connectivity index (χ1n) is 9.45. The molecular formula is C21H20N6O2. The number of rotatable bonds is 5. The highest BCUT2D eigenvalue weighted by molar-refractivity contribution is 5.88. The van der Waals surface area contributed by atoms with Crippen molar-refractivity contribution in [3.63, 3.8) is 0 Å². The molecule has 146 valence electrons. The molecule has 0 atom stereocenters. The van der Waals surface area contributed by atoms with Crippen LogP contribution < -0.4 is 4.74 Å². The third kappa shape index (κ3) is 3.12. The summed E-state index contributed by atoms with van der Waals surface area (Å²) in [5.74, 6) is 3.05. The highest BCUT2D eigenvalue weighted by Gasteiger charge is 2.15. The molecular weight excluding hydrogens is 368 g/mol. The molecule has 0 unspecified atom stereocenters. The first-order chi connectivity index (χ1) is 14.1. The Labute approximate surface area is 166 Å². The lowest BCUT2D eigenvalue weighted by Gasteiger charge is -2.14. The summed E-state index contributed by atoms with van der Waals surface area (Å²) in [6.45, 7) is 6.71. The molecule has 0 fully saturated rings. The summed E-state index contributed by atoms with van der Waals surface area (Å²) in [7, 11) is 0. The molecule has 8 heteroatoms. The summed E-state index contributed by atoms with van der Waals surface area (Å²) < 4.78 is 13.6. The van der Waals surface area contributed by atoms with Gasteiger partial charge in [-0.2, -0.15) is 5.10 Å². The van der Waals surface area contributed by atoms with Gasteiger partial charge in [0.15, 0.2) is 17.1 Å². The van der Waals surface area contributed by atoms with Gasteiger partial charge in [-0.05, 0) is 42.2 Å². The van der Waals surface area contributed by atoms with Crippen LogP contribution in [0.15, 0.2) is 47.3 Å². The van der Waals surface area contributed by atoms with Crippen LogP contribution >= 0.6 is 0 Å². The summed E-state index contributed by atoms with van der Waals surface area (Å²) in [5, 5.41) is 12.1. The van der Waals surface area contributed by atoms with E-state index in [2.05, 4.69) is 64.2 Å². The molecule has 1 aromatic carbocycles. The number of nitrogens with one attached hydrogen (secondary N) is 1. The van der Waals surface area contributed by atoms with E-state index in [1.165, 1.54) is 5.56 Å². The number of ether oxygens (including phenoxy) is 1. The topological polar surface area (TPSA) is 94.1 Å². The fourth-order valence-corrected chi connectivity index (χ4v) is 3.31. The van der Waals surface area contributed by atoms with Crippen LogP contribution in [0.5, 0.6) is 5.75 Å². The smallest absolute Gasteiger partial charge is 0.217 e. The summed E-state index contributed by atoms with van der Waals surface area (Å²) in [6.07, 6.45) is 3.29. The van der Waals surface area contributed by atoms with Crippen molar-refractivity contribution in [2.75, 3.05) is 0 Å². The van der Waals surface area contributed by atoms with E-state index in [-0.39, 0.29) is 0 Å². The molecule has 0 amide bonds. The van der Waals surface area contributed by atoms with E-state index >= 15 is 0 Å². The second-order valence-corrected chi connectivity index (χ2v) is 7.33. The third-order valence-corrected chi connectivity index (χ3v) is 4.83. The molecule has 0 aliphatic heterocycles. The zero-order valence-corrected chi connectivity index (χ0v) is 16.4. The van der Waals surface area contributed by atoms with Gasteiger partial charge in [0.05, 0.1) is 11.6 Å². The Morgan fingerprint density at radius 2 is 2.10 bits per heavy atom. The van der Waals surface area contributed by atoms with Gasteiger partial charge in [0, 0.05) is 0 Å². The van der Waals surface area contributed by atoms with Crippen LogP contribution in [0.25, 0.3) is 28.3 Å². The second kappa shape index (κ2) is 6.73. The normalized spacial score (nSPS) is 11.7. The minimum absolute atomic E-state index is 0.337. The van der Waals surface area contributed by atoms with E-state index < -0.39 is 0 Å². The number of aromatic nitrogens is 6. The fourth-order valence-electron chi connectivity index (χ4n) is 3.31. The van der Waals surface area contributed by atoms with Crippen molar-refractivity contribution in [3.8, 4) is 17.3 Å². The zero-order valence-electron chi connectivity index (χ0n) is 16.4. The Kier molecular flexibility index (Phi) is 4.04. The molecule has 0 spiro atoms. The predicted molar refractivity (Wildman–Crippen MR) is 108 cm³/mol. The van der Waals surface area contributed by atoms with Gasteiger partial charge >= 0.3 is 0 Å². The van der Waals surface area contributed by atoms with E-state index in [9.17, 15) is 0 Å². The standard InChI is InChI=1S/C21H20N6O2/c1-12(2)15-6-4-13(3)8-18(15)28-10-14-5-7-17(29-14)20-24-21-16-9-23-25-19(16)22-11-27(21)26-20/h4-9,11-12H,10H2,1-3H3,(H,23,25). The molecule has 5 aromatic rings. The first kappa shape index (κ1) is 17.4. The van der Waals surface area contributed by atoms with Crippen LogP contribution in [0.1, 0.15) is 36.7 Å². The lowest BCUT2D eigenvalue weighted by molar-refractivity contribution is 0.268. The van der Waals surface area contributed by atoms with Crippen molar-refractivity contribution in [1.82, 2.24) is 29.8 Å². The number of H-pyrrole nitrogens is 1. The number of aromatic amines is 1. The molecule has 0 saturated heterocycles. The number of hydrogen-bond donors (Lipinski definition) is 1. The van der Waals surface area contributed by atoms with Gasteiger partial charge in [-0.15, -0.1) is 5.10 Å². The van der Waals surface area contributed by atoms with Gasteiger partial charge < -0.3 is 9.15 Å². The first-order valence-corrected chi connectivity index (χ1v) is 9.45. The molecule has 0 bridgehead atoms. The highest BCUT2D eigenvalue weighted by atomic mass is 16.5. The fraction of sp³-hybridized carbons (Fsp3) is 0.238. The van der Waals surface area contributed by atoms with Crippen LogP contribution in [-0.2, 0) is 6.61 Å². The van der Waals surface area contributed by atoms with Crippen molar-refractivity contribution < 1.29 is 9.15 Å². The van der Waals surface area contributed by atoms with Crippen LogP contribution in [-0.4, -0.2) is 29.8 Å². The summed E-state index contributed by atoms with van der Waals surface area (Å²) in [4.78, 5) is 8.85. The van der Waals surface area contributed by atoms with Gasteiger partial charge in [-0.25, -0.2) is 14.5 Å². The van der Waals surface area contributed by atoms with Crippen molar-refractivity contribution in [3.05, 3.63) is 59.7 Å². The zero-order chi connectivity index (χ0) is 20.0. The number of fused-ring (bicyclic) bond motifs is 3. The Morgan fingerprint density at radius 3 is 2.97 bits per heavy atom. The Hall–Kier alpha value is -3.68. The molecule has 0 aliphatic rings. The highest BCUT2D eigenvalue weighted by Crippen LogP contribution is 2.29. The van der Waals surface area contributed by atoms with Crippen LogP contribution in [0.2, 0.25) is 0 Å². The van der Waals surface area contributed by atoms with Crippen molar-refractivity contribution in [1.29, 1.82) is 0 Å². The van der Waals surface area contributed by atoms with E-state index in [4.69, 9.17) is 9.15 Å². The van der Waals surface area contributed by atoms with E-state index in [0.717, 1.165) is 16.7 Å². The van der Waals surface area contributed by atoms with Crippen molar-refractivity contribution in [2.45, 2.75) is 33.3 Å². The largest absolute Gasteiger partial charge is 0.485 e. The van der Waals surface area contributed by atoms with Crippen molar-refractivity contribution in [2.24, 2.45) is 0 Å². The van der Waals surface area contributed by atoms with Gasteiger partial charge in [0.2, 0.25) is 5.82 Å². The molecule has 8 nitrogen and oxygen atoms in total. The number of furan rings is 1. The third-order valence-electron chi connectivity index (χ3n) is 4.83. The maximum absolute atomic E-state index is 6.06. The number of benzene rings is 1. The molecule has 4 heterocycles. The molecule has 0 aliphatic carbocycles. The molecule has 5 rings (SSSR count). The quantitative estimate of drug-likeness (QED) is 0.483. The Bertz CT molecular complexity index is 1310. The van der Waals surface area contributed by atoms with Gasteiger partial charge in [0.25, 0.3) is 0 Å². The van der Waals surface area contributed by atoms with Crippen LogP contribution in [0.3, 0.4) is 0 Å². The molecule has 4 aromatic heterocycles. The molecule has 1 N–H and O–H groups in total.